The average molecular weight is 327 g/mol. The van der Waals surface area contributed by atoms with Gasteiger partial charge in [0.1, 0.15) is 0 Å². The molecule has 1 heterocycles. The number of benzene rings is 1. The Morgan fingerprint density at radius 3 is 2.79 bits per heavy atom. The summed E-state index contributed by atoms with van der Waals surface area (Å²) in [7, 11) is 0. The highest BCUT2D eigenvalue weighted by molar-refractivity contribution is 9.10. The van der Waals surface area contributed by atoms with E-state index >= 15 is 0 Å². The molecule has 1 saturated heterocycles. The molecule has 6 heteroatoms. The van der Waals surface area contributed by atoms with Crippen LogP contribution in [0.25, 0.3) is 0 Å². The van der Waals surface area contributed by atoms with E-state index in [1.165, 1.54) is 6.07 Å². The Kier molecular flexibility index (Phi) is 3.91. The zero-order valence-electron chi connectivity index (χ0n) is 10.5. The van der Waals surface area contributed by atoms with Crippen molar-refractivity contribution >= 4 is 33.5 Å². The Hall–Kier alpha value is -1.40. The molecule has 3 N–H and O–H groups in total. The van der Waals surface area contributed by atoms with Crippen molar-refractivity contribution in [1.82, 2.24) is 5.32 Å². The number of hydrogen-bond donors (Lipinski definition) is 3. The summed E-state index contributed by atoms with van der Waals surface area (Å²) in [4.78, 5) is 23.2. The van der Waals surface area contributed by atoms with Crippen LogP contribution < -0.4 is 10.6 Å². The Morgan fingerprint density at radius 2 is 2.21 bits per heavy atom. The third-order valence-electron chi connectivity index (χ3n) is 3.37. The van der Waals surface area contributed by atoms with Crippen LogP contribution in [0.4, 0.5) is 5.69 Å². The number of carboxylic acids is 1. The minimum Gasteiger partial charge on any atom is -0.478 e. The minimum atomic E-state index is -1.03. The normalized spacial score (nSPS) is 22.2. The molecule has 0 radical (unpaired) electrons. The molecule has 1 unspecified atom stereocenters. The van der Waals surface area contributed by atoms with Crippen LogP contribution in [0.15, 0.2) is 22.7 Å². The molecule has 1 aromatic carbocycles. The number of aromatic carboxylic acids is 1. The van der Waals surface area contributed by atoms with Crippen LogP contribution in [0, 0.1) is 5.41 Å². The van der Waals surface area contributed by atoms with Gasteiger partial charge in [-0.15, -0.1) is 0 Å². The molecule has 0 aliphatic carbocycles. The van der Waals surface area contributed by atoms with E-state index in [1.54, 1.807) is 12.1 Å². The second-order valence-electron chi connectivity index (χ2n) is 4.94. The standard InChI is InChI=1S/C13H15BrN2O3/c1-13(4-5-15-7-13)12(19)16-8-2-3-10(14)9(6-8)11(17)18/h2-3,6,15H,4-5,7H2,1H3,(H,16,19)(H,17,18). The van der Waals surface area contributed by atoms with E-state index < -0.39 is 11.4 Å². The molecular weight excluding hydrogens is 312 g/mol. The molecule has 2 rings (SSSR count). The van der Waals surface area contributed by atoms with Crippen LogP contribution in [-0.4, -0.2) is 30.1 Å². The Labute approximate surface area is 119 Å². The van der Waals surface area contributed by atoms with E-state index in [4.69, 9.17) is 5.11 Å². The summed E-state index contributed by atoms with van der Waals surface area (Å²) in [6.45, 7) is 3.37. The monoisotopic (exact) mass is 326 g/mol. The number of anilines is 1. The van der Waals surface area contributed by atoms with Gasteiger partial charge in [-0.25, -0.2) is 4.79 Å². The topological polar surface area (TPSA) is 78.4 Å². The Balaban J connectivity index is 2.17. The molecule has 1 aliphatic heterocycles. The highest BCUT2D eigenvalue weighted by Gasteiger charge is 2.36. The van der Waals surface area contributed by atoms with Crippen molar-refractivity contribution in [2.75, 3.05) is 18.4 Å². The number of carbonyl (C=O) groups excluding carboxylic acids is 1. The lowest BCUT2D eigenvalue weighted by molar-refractivity contribution is -0.123. The first kappa shape index (κ1) is 14.0. The van der Waals surface area contributed by atoms with Crippen molar-refractivity contribution in [1.29, 1.82) is 0 Å². The Bertz CT molecular complexity index is 525. The Morgan fingerprint density at radius 1 is 1.47 bits per heavy atom. The lowest BCUT2D eigenvalue weighted by Crippen LogP contribution is -2.35. The maximum absolute atomic E-state index is 12.2. The van der Waals surface area contributed by atoms with Gasteiger partial charge in [0.05, 0.1) is 11.0 Å². The third kappa shape index (κ3) is 2.96. The van der Waals surface area contributed by atoms with Gasteiger partial charge in [-0.1, -0.05) is 0 Å². The summed E-state index contributed by atoms with van der Waals surface area (Å²) in [5, 5.41) is 15.0. The number of carbonyl (C=O) groups is 2. The van der Waals surface area contributed by atoms with E-state index in [0.717, 1.165) is 13.0 Å². The summed E-state index contributed by atoms with van der Waals surface area (Å²) in [6, 6.07) is 4.75. The van der Waals surface area contributed by atoms with Gasteiger partial charge in [0.15, 0.2) is 0 Å². The molecule has 19 heavy (non-hydrogen) atoms. The first-order valence-electron chi connectivity index (χ1n) is 5.97. The van der Waals surface area contributed by atoms with Crippen LogP contribution in [0.2, 0.25) is 0 Å². The zero-order chi connectivity index (χ0) is 14.0. The van der Waals surface area contributed by atoms with Crippen molar-refractivity contribution in [2.45, 2.75) is 13.3 Å². The molecule has 1 amide bonds. The number of halogens is 1. The second-order valence-corrected chi connectivity index (χ2v) is 5.80. The number of nitrogens with one attached hydrogen (secondary N) is 2. The van der Waals surface area contributed by atoms with E-state index in [0.29, 0.717) is 16.7 Å². The molecule has 0 bridgehead atoms. The summed E-state index contributed by atoms with van der Waals surface area (Å²) in [5.41, 5.74) is 0.197. The van der Waals surface area contributed by atoms with Crippen LogP contribution in [-0.2, 0) is 4.79 Å². The third-order valence-corrected chi connectivity index (χ3v) is 4.06. The van der Waals surface area contributed by atoms with Crippen molar-refractivity contribution in [3.63, 3.8) is 0 Å². The van der Waals surface area contributed by atoms with Gasteiger partial charge in [-0.2, -0.15) is 0 Å². The minimum absolute atomic E-state index is 0.0869. The molecule has 1 aliphatic rings. The largest absolute Gasteiger partial charge is 0.478 e. The number of amides is 1. The molecule has 102 valence electrons. The van der Waals surface area contributed by atoms with Crippen LogP contribution in [0.3, 0.4) is 0 Å². The SMILES string of the molecule is CC1(C(=O)Nc2ccc(Br)c(C(=O)O)c2)CCNC1. The molecule has 1 fully saturated rings. The number of carboxylic acid groups (broad SMARTS) is 1. The fourth-order valence-electron chi connectivity index (χ4n) is 2.06. The zero-order valence-corrected chi connectivity index (χ0v) is 12.1. The van der Waals surface area contributed by atoms with E-state index in [-0.39, 0.29) is 11.5 Å². The molecule has 0 saturated carbocycles. The molecular formula is C13H15BrN2O3. The lowest BCUT2D eigenvalue weighted by Gasteiger charge is -2.21. The summed E-state index contributed by atoms with van der Waals surface area (Å²) in [6.07, 6.45) is 0.779. The van der Waals surface area contributed by atoms with Gasteiger partial charge >= 0.3 is 5.97 Å². The van der Waals surface area contributed by atoms with Gasteiger partial charge in [-0.05, 0) is 54.0 Å². The quantitative estimate of drug-likeness (QED) is 0.794. The second kappa shape index (κ2) is 5.30. The number of hydrogen-bond acceptors (Lipinski definition) is 3. The molecule has 1 aromatic rings. The molecule has 1 atom stereocenters. The summed E-state index contributed by atoms with van der Waals surface area (Å²) < 4.78 is 0.492. The lowest BCUT2D eigenvalue weighted by atomic mass is 9.88. The molecule has 0 spiro atoms. The predicted octanol–water partition coefficient (Wildman–Crippen LogP) is 2.09. The number of rotatable bonds is 3. The van der Waals surface area contributed by atoms with Crippen molar-refractivity contribution in [2.24, 2.45) is 5.41 Å². The van der Waals surface area contributed by atoms with Crippen molar-refractivity contribution < 1.29 is 14.7 Å². The summed E-state index contributed by atoms with van der Waals surface area (Å²) in [5.74, 6) is -1.12. The van der Waals surface area contributed by atoms with Gasteiger partial charge in [-0.3, -0.25) is 4.79 Å². The first-order valence-corrected chi connectivity index (χ1v) is 6.77. The van der Waals surface area contributed by atoms with Crippen LogP contribution in [0.5, 0.6) is 0 Å². The van der Waals surface area contributed by atoms with Gasteiger partial charge < -0.3 is 15.7 Å². The van der Waals surface area contributed by atoms with Gasteiger partial charge in [0, 0.05) is 16.7 Å². The van der Waals surface area contributed by atoms with E-state index in [9.17, 15) is 9.59 Å². The van der Waals surface area contributed by atoms with Crippen molar-refractivity contribution in [3.05, 3.63) is 28.2 Å². The highest BCUT2D eigenvalue weighted by atomic mass is 79.9. The average Bonchev–Trinajstić information content (AvgIpc) is 2.79. The van der Waals surface area contributed by atoms with Crippen LogP contribution in [0.1, 0.15) is 23.7 Å². The van der Waals surface area contributed by atoms with E-state index in [1.807, 2.05) is 6.92 Å². The highest BCUT2D eigenvalue weighted by Crippen LogP contribution is 2.27. The van der Waals surface area contributed by atoms with Gasteiger partial charge in [0.2, 0.25) is 5.91 Å². The summed E-state index contributed by atoms with van der Waals surface area (Å²) >= 11 is 3.17. The molecule has 0 aromatic heterocycles. The maximum atomic E-state index is 12.2. The van der Waals surface area contributed by atoms with Crippen LogP contribution >= 0.6 is 15.9 Å². The maximum Gasteiger partial charge on any atom is 0.336 e. The van der Waals surface area contributed by atoms with Gasteiger partial charge in [0.25, 0.3) is 0 Å². The predicted molar refractivity (Wildman–Crippen MR) is 75.3 cm³/mol. The fourth-order valence-corrected chi connectivity index (χ4v) is 2.48. The first-order chi connectivity index (χ1) is 8.92. The van der Waals surface area contributed by atoms with E-state index in [2.05, 4.69) is 26.6 Å². The molecule has 5 nitrogen and oxygen atoms in total. The fraction of sp³-hybridized carbons (Fsp3) is 0.385. The smallest absolute Gasteiger partial charge is 0.336 e. The van der Waals surface area contributed by atoms with Crippen molar-refractivity contribution in [3.8, 4) is 0 Å².